The van der Waals surface area contributed by atoms with Crippen molar-refractivity contribution in [2.75, 3.05) is 12.4 Å². The van der Waals surface area contributed by atoms with Gasteiger partial charge in [0.15, 0.2) is 0 Å². The van der Waals surface area contributed by atoms with E-state index in [1.54, 1.807) is 0 Å². The molecule has 3 nitrogen and oxygen atoms in total. The van der Waals surface area contributed by atoms with Crippen LogP contribution in [0, 0.1) is 6.92 Å². The number of nitrogen functional groups attached to an aromatic ring is 1. The highest BCUT2D eigenvalue weighted by atomic mass is 19.1. The summed E-state index contributed by atoms with van der Waals surface area (Å²) < 4.78 is 12.9. The van der Waals surface area contributed by atoms with Crippen molar-refractivity contribution in [1.29, 1.82) is 0 Å². The van der Waals surface area contributed by atoms with Gasteiger partial charge in [-0.15, -0.1) is 0 Å². The lowest BCUT2D eigenvalue weighted by atomic mass is 9.96. The molecule has 0 saturated heterocycles. The number of nitrogens with one attached hydrogen (secondary N) is 1. The number of rotatable bonds is 8. The Morgan fingerprint density at radius 1 is 1.29 bits per heavy atom. The molecule has 2 aromatic carbocycles. The number of aryl methyl sites for hydroxylation is 1. The number of halogens is 1. The summed E-state index contributed by atoms with van der Waals surface area (Å²) in [5, 5.41) is 0. The number of hydrogen-bond acceptors (Lipinski definition) is 3. The van der Waals surface area contributed by atoms with Crippen LogP contribution in [0.25, 0.3) is 5.57 Å². The smallest absolute Gasteiger partial charge is 0.147 e. The van der Waals surface area contributed by atoms with Gasteiger partial charge in [0.1, 0.15) is 12.4 Å². The van der Waals surface area contributed by atoms with E-state index < -0.39 is 6.67 Å². The lowest BCUT2D eigenvalue weighted by molar-refractivity contribution is 0.133. The van der Waals surface area contributed by atoms with E-state index in [1.807, 2.05) is 56.3 Å². The Bertz CT molecular complexity index is 700. The average Bonchev–Trinajstić information content (AvgIpc) is 2.60. The van der Waals surface area contributed by atoms with Crippen LogP contribution in [-0.2, 0) is 0 Å². The standard InChI is InChI=1S/C20H25FN2O/c1-4-6-17(13-21)23-24-18-8-5-7-16(12-18)15(3)19-11-14(2)9-10-20(19)22/h5,7-12,17,23H,3-4,6,13,22H2,1-2H3. The summed E-state index contributed by atoms with van der Waals surface area (Å²) in [5.74, 6) is 0.620. The van der Waals surface area contributed by atoms with E-state index in [1.165, 1.54) is 0 Å². The van der Waals surface area contributed by atoms with E-state index in [0.717, 1.165) is 35.1 Å². The second kappa shape index (κ2) is 8.50. The van der Waals surface area contributed by atoms with Gasteiger partial charge in [-0.1, -0.05) is 43.7 Å². The maximum atomic E-state index is 12.9. The molecular weight excluding hydrogens is 303 g/mol. The summed E-state index contributed by atoms with van der Waals surface area (Å²) in [6, 6.07) is 13.1. The van der Waals surface area contributed by atoms with Crippen LogP contribution in [0.4, 0.5) is 10.1 Å². The first-order valence-electron chi connectivity index (χ1n) is 8.19. The van der Waals surface area contributed by atoms with Crippen molar-refractivity contribution in [3.63, 3.8) is 0 Å². The summed E-state index contributed by atoms with van der Waals surface area (Å²) in [5.41, 5.74) is 13.3. The normalized spacial score (nSPS) is 12.0. The van der Waals surface area contributed by atoms with Crippen LogP contribution >= 0.6 is 0 Å². The molecule has 3 N–H and O–H groups in total. The highest BCUT2D eigenvalue weighted by Gasteiger charge is 2.10. The number of benzene rings is 2. The molecule has 128 valence electrons. The fourth-order valence-corrected chi connectivity index (χ4v) is 2.50. The molecule has 4 heteroatoms. The second-order valence-corrected chi connectivity index (χ2v) is 5.96. The van der Waals surface area contributed by atoms with Crippen molar-refractivity contribution in [3.8, 4) is 5.75 Å². The third kappa shape index (κ3) is 4.59. The van der Waals surface area contributed by atoms with Crippen LogP contribution in [-0.4, -0.2) is 12.7 Å². The van der Waals surface area contributed by atoms with Gasteiger partial charge in [0.25, 0.3) is 0 Å². The lowest BCUT2D eigenvalue weighted by Gasteiger charge is -2.16. The first-order chi connectivity index (χ1) is 11.5. The quantitative estimate of drug-likeness (QED) is 0.547. The van der Waals surface area contributed by atoms with Crippen LogP contribution < -0.4 is 16.1 Å². The third-order valence-corrected chi connectivity index (χ3v) is 3.88. The molecular formula is C20H25FN2O. The zero-order chi connectivity index (χ0) is 17.5. The summed E-state index contributed by atoms with van der Waals surface area (Å²) in [4.78, 5) is 5.53. The fourth-order valence-electron chi connectivity index (χ4n) is 2.50. The van der Waals surface area contributed by atoms with Gasteiger partial charge in [-0.05, 0) is 48.7 Å². The van der Waals surface area contributed by atoms with Crippen molar-refractivity contribution < 1.29 is 9.23 Å². The fraction of sp³-hybridized carbons (Fsp3) is 0.300. The Labute approximate surface area is 143 Å². The summed E-state index contributed by atoms with van der Waals surface area (Å²) >= 11 is 0. The van der Waals surface area contributed by atoms with Crippen molar-refractivity contribution in [2.45, 2.75) is 32.7 Å². The SMILES string of the molecule is C=C(c1cccc(ONC(CF)CCC)c1)c1cc(C)ccc1N. The highest BCUT2D eigenvalue weighted by molar-refractivity contribution is 5.84. The Kier molecular flexibility index (Phi) is 6.38. The molecule has 2 aromatic rings. The molecule has 0 bridgehead atoms. The van der Waals surface area contributed by atoms with Crippen LogP contribution in [0.5, 0.6) is 5.75 Å². The van der Waals surface area contributed by atoms with Crippen molar-refractivity contribution in [2.24, 2.45) is 0 Å². The van der Waals surface area contributed by atoms with Crippen LogP contribution in [0.2, 0.25) is 0 Å². The molecule has 0 aliphatic carbocycles. The molecule has 0 aliphatic heterocycles. The number of hydrogen-bond donors (Lipinski definition) is 2. The zero-order valence-electron chi connectivity index (χ0n) is 14.3. The minimum atomic E-state index is -0.458. The van der Waals surface area contributed by atoms with Gasteiger partial charge in [-0.25, -0.2) is 4.39 Å². The summed E-state index contributed by atoms with van der Waals surface area (Å²) in [7, 11) is 0. The van der Waals surface area contributed by atoms with E-state index in [4.69, 9.17) is 10.6 Å². The molecule has 24 heavy (non-hydrogen) atoms. The van der Waals surface area contributed by atoms with Gasteiger partial charge in [0, 0.05) is 11.3 Å². The van der Waals surface area contributed by atoms with Crippen molar-refractivity contribution >= 4 is 11.3 Å². The van der Waals surface area contributed by atoms with E-state index in [9.17, 15) is 4.39 Å². The number of nitrogens with two attached hydrogens (primary N) is 1. The third-order valence-electron chi connectivity index (χ3n) is 3.88. The number of alkyl halides is 1. The Hall–Kier alpha value is -2.33. The van der Waals surface area contributed by atoms with Crippen LogP contribution in [0.1, 0.15) is 36.5 Å². The highest BCUT2D eigenvalue weighted by Crippen LogP contribution is 2.29. The molecule has 1 atom stereocenters. The van der Waals surface area contributed by atoms with E-state index in [2.05, 4.69) is 12.1 Å². The average molecular weight is 328 g/mol. The first-order valence-corrected chi connectivity index (χ1v) is 8.19. The predicted molar refractivity (Wildman–Crippen MR) is 98.6 cm³/mol. The van der Waals surface area contributed by atoms with Crippen LogP contribution in [0.3, 0.4) is 0 Å². The van der Waals surface area contributed by atoms with Gasteiger partial charge < -0.3 is 10.6 Å². The molecule has 0 aromatic heterocycles. The molecule has 0 heterocycles. The Morgan fingerprint density at radius 2 is 2.08 bits per heavy atom. The maximum Gasteiger partial charge on any atom is 0.147 e. The van der Waals surface area contributed by atoms with E-state index >= 15 is 0 Å². The molecule has 0 spiro atoms. The molecule has 0 saturated carbocycles. The van der Waals surface area contributed by atoms with Gasteiger partial charge in [0.05, 0.1) is 6.04 Å². The molecule has 0 amide bonds. The topological polar surface area (TPSA) is 47.3 Å². The maximum absolute atomic E-state index is 12.9. The van der Waals surface area contributed by atoms with Crippen molar-refractivity contribution in [3.05, 3.63) is 65.7 Å². The molecule has 1 unspecified atom stereocenters. The largest absolute Gasteiger partial charge is 0.408 e. The van der Waals surface area contributed by atoms with Crippen LogP contribution in [0.15, 0.2) is 49.0 Å². The van der Waals surface area contributed by atoms with Gasteiger partial charge >= 0.3 is 0 Å². The minimum Gasteiger partial charge on any atom is -0.408 e. The molecule has 0 fully saturated rings. The minimum absolute atomic E-state index is 0.297. The lowest BCUT2D eigenvalue weighted by Crippen LogP contribution is -2.33. The predicted octanol–water partition coefficient (Wildman–Crippen LogP) is 4.66. The van der Waals surface area contributed by atoms with Gasteiger partial charge in [-0.2, -0.15) is 5.48 Å². The van der Waals surface area contributed by atoms with Gasteiger partial charge in [0.2, 0.25) is 0 Å². The van der Waals surface area contributed by atoms with E-state index in [0.29, 0.717) is 11.4 Å². The molecule has 0 aliphatic rings. The number of hydroxylamine groups is 1. The monoisotopic (exact) mass is 328 g/mol. The molecule has 0 radical (unpaired) electrons. The Balaban J connectivity index is 2.14. The van der Waals surface area contributed by atoms with Gasteiger partial charge in [-0.3, -0.25) is 0 Å². The molecule has 2 rings (SSSR count). The first kappa shape index (κ1) is 18.0. The summed E-state index contributed by atoms with van der Waals surface area (Å²) in [6.07, 6.45) is 1.62. The van der Waals surface area contributed by atoms with Crippen molar-refractivity contribution in [1.82, 2.24) is 5.48 Å². The summed E-state index contributed by atoms with van der Waals surface area (Å²) in [6.45, 7) is 7.74. The zero-order valence-corrected chi connectivity index (χ0v) is 14.3. The van der Waals surface area contributed by atoms with E-state index in [-0.39, 0.29) is 6.04 Å². The second-order valence-electron chi connectivity index (χ2n) is 5.96. The Morgan fingerprint density at radius 3 is 2.79 bits per heavy atom. The number of anilines is 1.